The Morgan fingerprint density at radius 2 is 1.89 bits per heavy atom. The van der Waals surface area contributed by atoms with Gasteiger partial charge >= 0.3 is 5.97 Å². The molecule has 0 amide bonds. The molecule has 0 aliphatic carbocycles. The minimum absolute atomic E-state index is 0.164. The molecule has 0 radical (unpaired) electrons. The predicted molar refractivity (Wildman–Crippen MR) is 72.0 cm³/mol. The van der Waals surface area contributed by atoms with Crippen LogP contribution in [0.3, 0.4) is 0 Å². The first kappa shape index (κ1) is 16.4. The normalized spacial score (nSPS) is 25.9. The van der Waals surface area contributed by atoms with E-state index in [0.29, 0.717) is 12.8 Å². The maximum atomic E-state index is 11.8. The van der Waals surface area contributed by atoms with Crippen LogP contribution in [0.25, 0.3) is 0 Å². The third-order valence-corrected chi connectivity index (χ3v) is 3.87. The molecular formula is C13H24O5S. The van der Waals surface area contributed by atoms with E-state index in [0.717, 1.165) is 6.26 Å². The largest absolute Gasteiger partial charge is 0.459 e. The van der Waals surface area contributed by atoms with Gasteiger partial charge in [0.15, 0.2) is 0 Å². The minimum Gasteiger partial charge on any atom is -0.459 e. The van der Waals surface area contributed by atoms with E-state index in [1.165, 1.54) is 0 Å². The van der Waals surface area contributed by atoms with Crippen LogP contribution in [-0.4, -0.2) is 32.9 Å². The first-order chi connectivity index (χ1) is 8.60. The van der Waals surface area contributed by atoms with Gasteiger partial charge in [0.25, 0.3) is 10.1 Å². The molecule has 1 aliphatic rings. The summed E-state index contributed by atoms with van der Waals surface area (Å²) in [4.78, 5) is 11.8. The summed E-state index contributed by atoms with van der Waals surface area (Å²) < 4.78 is 33.0. The van der Waals surface area contributed by atoms with Crippen molar-refractivity contribution in [1.82, 2.24) is 0 Å². The lowest BCUT2D eigenvalue weighted by atomic mass is 9.90. The second kappa shape index (κ2) is 6.22. The van der Waals surface area contributed by atoms with Crippen LogP contribution in [0.15, 0.2) is 0 Å². The van der Waals surface area contributed by atoms with Gasteiger partial charge in [-0.15, -0.1) is 0 Å². The van der Waals surface area contributed by atoms with Crippen LogP contribution in [0.2, 0.25) is 0 Å². The molecule has 19 heavy (non-hydrogen) atoms. The zero-order valence-electron chi connectivity index (χ0n) is 12.3. The van der Waals surface area contributed by atoms with Crippen molar-refractivity contribution in [3.63, 3.8) is 0 Å². The molecule has 3 atom stereocenters. The van der Waals surface area contributed by atoms with E-state index in [2.05, 4.69) is 0 Å². The Balaban J connectivity index is 2.79. The quantitative estimate of drug-likeness (QED) is 0.553. The Hall–Kier alpha value is -0.620. The van der Waals surface area contributed by atoms with Gasteiger partial charge in [0.2, 0.25) is 0 Å². The lowest BCUT2D eigenvalue weighted by Gasteiger charge is -2.23. The molecule has 0 unspecified atom stereocenters. The maximum absolute atomic E-state index is 11.8. The van der Waals surface area contributed by atoms with Crippen LogP contribution in [0.5, 0.6) is 0 Å². The van der Waals surface area contributed by atoms with Crippen molar-refractivity contribution in [3.8, 4) is 0 Å². The fraction of sp³-hybridized carbons (Fsp3) is 0.923. The average molecular weight is 292 g/mol. The van der Waals surface area contributed by atoms with E-state index in [1.54, 1.807) is 0 Å². The smallest absolute Gasteiger partial charge is 0.309 e. The van der Waals surface area contributed by atoms with Crippen LogP contribution in [-0.2, 0) is 23.8 Å². The number of carbonyl (C=O) groups is 1. The van der Waals surface area contributed by atoms with Gasteiger partial charge in [-0.1, -0.05) is 27.7 Å². The van der Waals surface area contributed by atoms with Gasteiger partial charge in [-0.25, -0.2) is 0 Å². The Bertz CT molecular complexity index is 413. The summed E-state index contributed by atoms with van der Waals surface area (Å²) in [7, 11) is -3.55. The molecule has 0 saturated carbocycles. The van der Waals surface area contributed by atoms with Crippen LogP contribution in [0.1, 0.15) is 40.5 Å². The highest BCUT2D eigenvalue weighted by Gasteiger charge is 2.41. The molecule has 6 heteroatoms. The van der Waals surface area contributed by atoms with Crippen LogP contribution >= 0.6 is 0 Å². The van der Waals surface area contributed by atoms with E-state index in [-0.39, 0.29) is 23.7 Å². The molecule has 0 N–H and O–H groups in total. The van der Waals surface area contributed by atoms with Crippen molar-refractivity contribution in [1.29, 1.82) is 0 Å². The molecule has 1 rings (SSSR count). The predicted octanol–water partition coefficient (Wildman–Crippen LogP) is 1.97. The lowest BCUT2D eigenvalue weighted by molar-refractivity contribution is -0.148. The van der Waals surface area contributed by atoms with Crippen LogP contribution < -0.4 is 0 Å². The highest BCUT2D eigenvalue weighted by atomic mass is 32.2. The standard InChI is InChI=1S/C13H24O5S/c1-8(2)6-12(18-19(5,15)16)11-7-10(9(3)4)13(14)17-11/h8-12H,6-7H2,1-5H3/t10-,11-,12+/m0/s1. The number of rotatable bonds is 6. The van der Waals surface area contributed by atoms with Crippen molar-refractivity contribution < 1.29 is 22.1 Å². The van der Waals surface area contributed by atoms with Gasteiger partial charge in [0.05, 0.1) is 12.2 Å². The van der Waals surface area contributed by atoms with E-state index < -0.39 is 22.3 Å². The third-order valence-electron chi connectivity index (χ3n) is 3.28. The molecule has 5 nitrogen and oxygen atoms in total. The van der Waals surface area contributed by atoms with Crippen molar-refractivity contribution in [3.05, 3.63) is 0 Å². The number of hydrogen-bond acceptors (Lipinski definition) is 5. The number of carbonyl (C=O) groups excluding carboxylic acids is 1. The van der Waals surface area contributed by atoms with E-state index in [1.807, 2.05) is 27.7 Å². The van der Waals surface area contributed by atoms with E-state index in [4.69, 9.17) is 8.92 Å². The SMILES string of the molecule is CC(C)C[C@@H](OS(C)(=O)=O)[C@@H]1C[C@@H](C(C)C)C(=O)O1. The molecule has 0 aromatic carbocycles. The number of ether oxygens (including phenoxy) is 1. The Kier molecular flexibility index (Phi) is 5.38. The zero-order chi connectivity index (χ0) is 14.8. The molecule has 1 saturated heterocycles. The molecule has 0 spiro atoms. The number of hydrogen-bond donors (Lipinski definition) is 0. The topological polar surface area (TPSA) is 69.7 Å². The Morgan fingerprint density at radius 1 is 1.32 bits per heavy atom. The van der Waals surface area contributed by atoms with Gasteiger partial charge in [-0.2, -0.15) is 8.42 Å². The summed E-state index contributed by atoms with van der Waals surface area (Å²) in [5, 5.41) is 0. The van der Waals surface area contributed by atoms with Crippen molar-refractivity contribution in [2.24, 2.45) is 17.8 Å². The number of esters is 1. The Morgan fingerprint density at radius 3 is 2.26 bits per heavy atom. The molecule has 0 bridgehead atoms. The monoisotopic (exact) mass is 292 g/mol. The second-order valence-electron chi connectivity index (χ2n) is 6.03. The minimum atomic E-state index is -3.55. The highest BCUT2D eigenvalue weighted by Crippen LogP contribution is 2.32. The fourth-order valence-electron chi connectivity index (χ4n) is 2.35. The number of cyclic esters (lactones) is 1. The Labute approximate surface area is 115 Å². The summed E-state index contributed by atoms with van der Waals surface area (Å²) >= 11 is 0. The average Bonchev–Trinajstić information content (AvgIpc) is 2.56. The molecule has 112 valence electrons. The molecule has 1 aliphatic heterocycles. The van der Waals surface area contributed by atoms with E-state index in [9.17, 15) is 13.2 Å². The highest BCUT2D eigenvalue weighted by molar-refractivity contribution is 7.86. The third kappa shape index (κ3) is 5.10. The lowest BCUT2D eigenvalue weighted by Crippen LogP contribution is -2.32. The molecule has 0 aromatic rings. The molecule has 0 aromatic heterocycles. The van der Waals surface area contributed by atoms with Gasteiger partial charge < -0.3 is 4.74 Å². The van der Waals surface area contributed by atoms with Gasteiger partial charge in [0.1, 0.15) is 12.2 Å². The van der Waals surface area contributed by atoms with Crippen LogP contribution in [0.4, 0.5) is 0 Å². The summed E-state index contributed by atoms with van der Waals surface area (Å²) in [6.07, 6.45) is 1.07. The summed E-state index contributed by atoms with van der Waals surface area (Å²) in [6, 6.07) is 0. The summed E-state index contributed by atoms with van der Waals surface area (Å²) in [5.41, 5.74) is 0. The van der Waals surface area contributed by atoms with Gasteiger partial charge in [-0.3, -0.25) is 8.98 Å². The van der Waals surface area contributed by atoms with E-state index >= 15 is 0 Å². The molecule has 1 fully saturated rings. The molecule has 1 heterocycles. The van der Waals surface area contributed by atoms with Gasteiger partial charge in [-0.05, 0) is 18.3 Å². The first-order valence-corrected chi connectivity index (χ1v) is 8.50. The zero-order valence-corrected chi connectivity index (χ0v) is 13.1. The van der Waals surface area contributed by atoms with Gasteiger partial charge in [0, 0.05) is 6.42 Å². The maximum Gasteiger partial charge on any atom is 0.309 e. The first-order valence-electron chi connectivity index (χ1n) is 6.69. The summed E-state index contributed by atoms with van der Waals surface area (Å²) in [6.45, 7) is 7.89. The van der Waals surface area contributed by atoms with Crippen molar-refractivity contribution >= 4 is 16.1 Å². The van der Waals surface area contributed by atoms with Crippen LogP contribution in [0, 0.1) is 17.8 Å². The molecular weight excluding hydrogens is 268 g/mol. The second-order valence-corrected chi connectivity index (χ2v) is 7.63. The fourth-order valence-corrected chi connectivity index (χ4v) is 3.00. The summed E-state index contributed by atoms with van der Waals surface area (Å²) in [5.74, 6) is 0.0488. The van der Waals surface area contributed by atoms with Crippen molar-refractivity contribution in [2.75, 3.05) is 6.26 Å². The van der Waals surface area contributed by atoms with Crippen molar-refractivity contribution in [2.45, 2.75) is 52.7 Å².